The molecule has 0 aromatic heterocycles. The zero-order valence-corrected chi connectivity index (χ0v) is 27.7. The molecule has 8 atom stereocenters. The molecule has 3 heterocycles. The summed E-state index contributed by atoms with van der Waals surface area (Å²) in [6, 6.07) is 6.86. The number of ether oxygens (including phenoxy) is 2. The molecule has 1 spiro atoms. The van der Waals surface area contributed by atoms with Crippen LogP contribution in [0, 0.1) is 17.8 Å². The van der Waals surface area contributed by atoms with Gasteiger partial charge in [0.2, 0.25) is 17.7 Å². The largest absolute Gasteiger partial charge is 0.463 e. The number of fused-ring (bicyclic) bond motifs is 1. The molecule has 2 bridgehead atoms. The lowest BCUT2D eigenvalue weighted by Crippen LogP contribution is -2.60. The Kier molecular flexibility index (Phi) is 11.8. The first-order valence-electron chi connectivity index (χ1n) is 16.7. The normalized spacial score (nSPS) is 26.7. The molecule has 0 saturated carbocycles. The molecule has 1 unspecified atom stereocenters. The monoisotopic (exact) mass is 637 g/mol. The highest BCUT2D eigenvalue weighted by atomic mass is 16.5. The first-order chi connectivity index (χ1) is 22.1. The fourth-order valence-corrected chi connectivity index (χ4v) is 7.65. The van der Waals surface area contributed by atoms with Gasteiger partial charge in [-0.1, -0.05) is 69.7 Å². The molecule has 3 fully saturated rings. The molecule has 252 valence electrons. The topological polar surface area (TPSA) is 125 Å². The Balaban J connectivity index is 1.69. The second-order valence-corrected chi connectivity index (χ2v) is 13.2. The van der Waals surface area contributed by atoms with Crippen LogP contribution in [0.3, 0.4) is 0 Å². The van der Waals surface area contributed by atoms with E-state index in [1.165, 1.54) is 4.90 Å². The van der Waals surface area contributed by atoms with E-state index in [0.717, 1.165) is 18.4 Å². The first-order valence-corrected chi connectivity index (χ1v) is 16.7. The van der Waals surface area contributed by atoms with Crippen molar-refractivity contribution in [2.24, 2.45) is 17.8 Å². The van der Waals surface area contributed by atoms with Crippen molar-refractivity contribution in [3.8, 4) is 0 Å². The van der Waals surface area contributed by atoms with E-state index in [2.05, 4.69) is 25.4 Å². The molecule has 10 heteroatoms. The number of hydrogen-bond acceptors (Lipinski definition) is 7. The van der Waals surface area contributed by atoms with Gasteiger partial charge in [0.15, 0.2) is 0 Å². The Morgan fingerprint density at radius 2 is 1.91 bits per heavy atom. The maximum Gasteiger partial charge on any atom is 0.306 e. The van der Waals surface area contributed by atoms with Crippen LogP contribution < -0.4 is 5.32 Å². The summed E-state index contributed by atoms with van der Waals surface area (Å²) >= 11 is 0. The molecule has 1 aromatic rings. The van der Waals surface area contributed by atoms with E-state index in [9.17, 15) is 24.3 Å². The lowest BCUT2D eigenvalue weighted by Gasteiger charge is -2.41. The number of allylic oxidation sites excluding steroid dienone is 1. The van der Waals surface area contributed by atoms with Crippen molar-refractivity contribution in [2.45, 2.75) is 102 Å². The fourth-order valence-electron chi connectivity index (χ4n) is 7.65. The van der Waals surface area contributed by atoms with Gasteiger partial charge in [0.1, 0.15) is 18.2 Å². The predicted molar refractivity (Wildman–Crippen MR) is 174 cm³/mol. The highest BCUT2D eigenvalue weighted by Gasteiger charge is 2.75. The summed E-state index contributed by atoms with van der Waals surface area (Å²) in [4.78, 5) is 59.0. The van der Waals surface area contributed by atoms with Crippen LogP contribution in [-0.2, 0) is 28.7 Å². The number of rotatable bonds is 17. The standard InChI is InChI=1S/C36H51N3O7/c1-7-10-17-29(41)45-22-26(25-15-12-11-13-16-25)37-33(42)30-28-18-19-36(46-28)31(30)34(43)39(27(21-40)23(4)5)32(36)35(44)38(20-9-3)24(6)14-8-2/h7,9,11-13,15-16,23-24,26-28,30-32,40H,1,3,8,10,14,17-22H2,2,4-6H3,(H,37,42)/t24?,26-,27-,28-,30+,31+,32-,36+/m0/s1. The minimum Gasteiger partial charge on any atom is -0.463 e. The van der Waals surface area contributed by atoms with E-state index in [1.54, 1.807) is 17.1 Å². The van der Waals surface area contributed by atoms with E-state index >= 15 is 0 Å². The van der Waals surface area contributed by atoms with E-state index < -0.39 is 47.6 Å². The van der Waals surface area contributed by atoms with Crippen molar-refractivity contribution in [1.29, 1.82) is 0 Å². The van der Waals surface area contributed by atoms with Gasteiger partial charge in [-0.15, -0.1) is 13.2 Å². The van der Waals surface area contributed by atoms with Gasteiger partial charge >= 0.3 is 5.97 Å². The summed E-state index contributed by atoms with van der Waals surface area (Å²) in [6.45, 7) is 15.3. The number of amides is 3. The third-order valence-electron chi connectivity index (χ3n) is 9.92. The zero-order valence-electron chi connectivity index (χ0n) is 27.7. The number of nitrogens with one attached hydrogen (secondary N) is 1. The first kappa shape index (κ1) is 35.4. The van der Waals surface area contributed by atoms with Gasteiger partial charge in [0.25, 0.3) is 0 Å². The van der Waals surface area contributed by atoms with Gasteiger partial charge in [0, 0.05) is 19.0 Å². The van der Waals surface area contributed by atoms with Gasteiger partial charge in [-0.2, -0.15) is 0 Å². The van der Waals surface area contributed by atoms with Crippen LogP contribution in [0.1, 0.15) is 77.8 Å². The maximum atomic E-state index is 14.6. The summed E-state index contributed by atoms with van der Waals surface area (Å²) in [5.74, 6) is -3.27. The molecule has 1 aromatic carbocycles. The van der Waals surface area contributed by atoms with Crippen molar-refractivity contribution in [2.75, 3.05) is 19.8 Å². The number of aliphatic hydroxyl groups is 1. The predicted octanol–water partition coefficient (Wildman–Crippen LogP) is 3.95. The van der Waals surface area contributed by atoms with Gasteiger partial charge in [0.05, 0.1) is 36.6 Å². The summed E-state index contributed by atoms with van der Waals surface area (Å²) in [5, 5.41) is 13.6. The fraction of sp³-hybridized carbons (Fsp3) is 0.611. The molecule has 3 aliphatic rings. The molecular formula is C36H51N3O7. The number of likely N-dealkylation sites (tertiary alicyclic amines) is 1. The van der Waals surface area contributed by atoms with E-state index in [1.807, 2.05) is 51.1 Å². The Morgan fingerprint density at radius 3 is 2.52 bits per heavy atom. The lowest BCUT2D eigenvalue weighted by molar-refractivity contribution is -0.153. The Hall–Kier alpha value is -3.50. The molecule has 2 N–H and O–H groups in total. The van der Waals surface area contributed by atoms with Crippen molar-refractivity contribution in [3.05, 3.63) is 61.2 Å². The Labute approximate surface area is 273 Å². The summed E-state index contributed by atoms with van der Waals surface area (Å²) in [6.07, 6.45) is 6.07. The number of nitrogens with zero attached hydrogens (tertiary/aromatic N) is 2. The third kappa shape index (κ3) is 6.79. The minimum atomic E-state index is -1.20. The summed E-state index contributed by atoms with van der Waals surface area (Å²) in [7, 11) is 0. The molecule has 10 nitrogen and oxygen atoms in total. The number of esters is 1. The van der Waals surface area contributed by atoms with Crippen LogP contribution in [-0.4, -0.2) is 88.2 Å². The van der Waals surface area contributed by atoms with E-state index in [-0.39, 0.29) is 49.3 Å². The highest BCUT2D eigenvalue weighted by molar-refractivity contribution is 5.99. The smallest absolute Gasteiger partial charge is 0.306 e. The van der Waals surface area contributed by atoms with Crippen molar-refractivity contribution in [3.63, 3.8) is 0 Å². The van der Waals surface area contributed by atoms with Crippen LogP contribution in [0.2, 0.25) is 0 Å². The molecule has 3 saturated heterocycles. The lowest BCUT2D eigenvalue weighted by atomic mass is 9.70. The molecule has 3 aliphatic heterocycles. The molecule has 0 radical (unpaired) electrons. The van der Waals surface area contributed by atoms with Crippen molar-refractivity contribution in [1.82, 2.24) is 15.1 Å². The van der Waals surface area contributed by atoms with Crippen LogP contribution >= 0.6 is 0 Å². The maximum absolute atomic E-state index is 14.6. The summed E-state index contributed by atoms with van der Waals surface area (Å²) in [5.41, 5.74) is -0.447. The van der Waals surface area contributed by atoms with Crippen LogP contribution in [0.15, 0.2) is 55.6 Å². The van der Waals surface area contributed by atoms with E-state index in [0.29, 0.717) is 25.8 Å². The Morgan fingerprint density at radius 1 is 1.20 bits per heavy atom. The molecular weight excluding hydrogens is 586 g/mol. The minimum absolute atomic E-state index is 0.0767. The van der Waals surface area contributed by atoms with Crippen LogP contribution in [0.5, 0.6) is 0 Å². The zero-order chi connectivity index (χ0) is 33.6. The average Bonchev–Trinajstić information content (AvgIpc) is 3.68. The van der Waals surface area contributed by atoms with E-state index in [4.69, 9.17) is 9.47 Å². The molecule has 46 heavy (non-hydrogen) atoms. The van der Waals surface area contributed by atoms with Gasteiger partial charge in [-0.3, -0.25) is 19.2 Å². The van der Waals surface area contributed by atoms with Gasteiger partial charge < -0.3 is 29.7 Å². The molecule has 0 aliphatic carbocycles. The van der Waals surface area contributed by atoms with Gasteiger partial charge in [-0.25, -0.2) is 0 Å². The summed E-state index contributed by atoms with van der Waals surface area (Å²) < 4.78 is 12.2. The molecule has 3 amide bonds. The second kappa shape index (κ2) is 15.4. The quantitative estimate of drug-likeness (QED) is 0.196. The number of hydrogen-bond donors (Lipinski definition) is 2. The van der Waals surface area contributed by atoms with Crippen LogP contribution in [0.4, 0.5) is 0 Å². The number of benzene rings is 1. The van der Waals surface area contributed by atoms with Gasteiger partial charge in [-0.05, 0) is 44.1 Å². The SMILES string of the molecule is C=CCCC(=O)OC[C@H](NC(=O)[C@@H]1[C@@H]2CC[C@]3(O2)[C@H](C(=O)N(CC=C)C(C)CCC)N([C@@H](CO)C(C)C)C(=O)[C@@H]13)c1ccccc1. The molecule has 4 rings (SSSR count). The highest BCUT2D eigenvalue weighted by Crippen LogP contribution is 2.59. The average molecular weight is 638 g/mol. The van der Waals surface area contributed by atoms with Crippen molar-refractivity contribution < 1.29 is 33.8 Å². The third-order valence-corrected chi connectivity index (χ3v) is 9.92. The number of aliphatic hydroxyl groups excluding tert-OH is 1. The Bertz CT molecular complexity index is 1270. The number of carbonyl (C=O) groups excluding carboxylic acids is 4. The second-order valence-electron chi connectivity index (χ2n) is 13.2. The number of carbonyl (C=O) groups is 4. The van der Waals surface area contributed by atoms with Crippen molar-refractivity contribution >= 4 is 23.7 Å². The van der Waals surface area contributed by atoms with Crippen LogP contribution in [0.25, 0.3) is 0 Å².